The van der Waals surface area contributed by atoms with Crippen LogP contribution in [-0.4, -0.2) is 21.1 Å². The molecular formula is C22H20N4O2. The van der Waals surface area contributed by atoms with Gasteiger partial charge in [-0.15, -0.1) is 0 Å². The van der Waals surface area contributed by atoms with Crippen molar-refractivity contribution in [1.29, 1.82) is 0 Å². The Bertz CT molecular complexity index is 1090. The van der Waals surface area contributed by atoms with E-state index in [-0.39, 0.29) is 11.9 Å². The molecule has 28 heavy (non-hydrogen) atoms. The molecule has 2 N–H and O–H groups in total. The average molecular weight is 372 g/mol. The van der Waals surface area contributed by atoms with Crippen LogP contribution >= 0.6 is 0 Å². The van der Waals surface area contributed by atoms with Gasteiger partial charge in [-0.25, -0.2) is 0 Å². The Morgan fingerprint density at radius 3 is 2.82 bits per heavy atom. The summed E-state index contributed by atoms with van der Waals surface area (Å²) in [4.78, 5) is 16.9. The Morgan fingerprint density at radius 2 is 1.96 bits per heavy atom. The third-order valence-electron chi connectivity index (χ3n) is 4.50. The zero-order valence-electron chi connectivity index (χ0n) is 15.4. The van der Waals surface area contributed by atoms with E-state index in [0.29, 0.717) is 12.3 Å². The maximum absolute atomic E-state index is 12.7. The minimum atomic E-state index is -0.218. The van der Waals surface area contributed by atoms with E-state index >= 15 is 0 Å². The number of pyridine rings is 1. The third-order valence-corrected chi connectivity index (χ3v) is 4.50. The van der Waals surface area contributed by atoms with Crippen LogP contribution in [0.4, 0.5) is 0 Å². The number of rotatable bonds is 6. The van der Waals surface area contributed by atoms with E-state index in [4.69, 9.17) is 4.74 Å². The van der Waals surface area contributed by atoms with Crippen LogP contribution in [0.3, 0.4) is 0 Å². The van der Waals surface area contributed by atoms with Crippen molar-refractivity contribution in [3.05, 3.63) is 89.9 Å². The van der Waals surface area contributed by atoms with Crippen molar-refractivity contribution in [3.8, 4) is 5.75 Å². The van der Waals surface area contributed by atoms with Gasteiger partial charge in [0.15, 0.2) is 5.69 Å². The van der Waals surface area contributed by atoms with Crippen molar-refractivity contribution in [2.24, 2.45) is 0 Å². The van der Waals surface area contributed by atoms with Crippen molar-refractivity contribution >= 4 is 16.8 Å². The van der Waals surface area contributed by atoms with E-state index in [0.717, 1.165) is 27.9 Å². The number of ether oxygens (including phenoxy) is 1. The number of nitrogens with zero attached hydrogens (tertiary/aromatic N) is 2. The molecule has 0 aliphatic rings. The monoisotopic (exact) mass is 372 g/mol. The highest BCUT2D eigenvalue weighted by molar-refractivity contribution is 6.04. The average Bonchev–Trinajstić information content (AvgIpc) is 3.17. The number of H-pyrrole nitrogens is 1. The van der Waals surface area contributed by atoms with Gasteiger partial charge in [-0.05, 0) is 42.8 Å². The smallest absolute Gasteiger partial charge is 0.272 e. The summed E-state index contributed by atoms with van der Waals surface area (Å²) in [6.45, 7) is 2.33. The number of aromatic amines is 1. The van der Waals surface area contributed by atoms with E-state index in [1.54, 1.807) is 6.20 Å². The molecule has 1 atom stereocenters. The number of nitrogens with one attached hydrogen (secondary N) is 2. The number of carbonyl (C=O) groups excluding carboxylic acids is 1. The molecule has 4 aromatic rings. The second-order valence-corrected chi connectivity index (χ2v) is 6.50. The first-order valence-corrected chi connectivity index (χ1v) is 9.07. The topological polar surface area (TPSA) is 79.9 Å². The standard InChI is InChI=1S/C22H20N4O2/c1-15(24-22(27)21-19-10-2-3-11-20(19)25-26-21)16-7-6-9-18(13-16)28-14-17-8-4-5-12-23-17/h2-13,15H,14H2,1H3,(H,24,27)(H,25,26). The number of para-hydroxylation sites is 1. The quantitative estimate of drug-likeness (QED) is 0.536. The van der Waals surface area contributed by atoms with Crippen LogP contribution in [0.1, 0.15) is 34.7 Å². The number of carbonyl (C=O) groups is 1. The van der Waals surface area contributed by atoms with Crippen LogP contribution in [0.25, 0.3) is 10.9 Å². The molecule has 2 heterocycles. The molecule has 0 saturated carbocycles. The Kier molecular flexibility index (Phi) is 5.01. The summed E-state index contributed by atoms with van der Waals surface area (Å²) < 4.78 is 5.83. The normalized spacial score (nSPS) is 11.9. The number of benzene rings is 2. The summed E-state index contributed by atoms with van der Waals surface area (Å²) in [7, 11) is 0. The van der Waals surface area contributed by atoms with Crippen molar-refractivity contribution in [1.82, 2.24) is 20.5 Å². The first-order valence-electron chi connectivity index (χ1n) is 9.07. The summed E-state index contributed by atoms with van der Waals surface area (Å²) in [5.74, 6) is 0.513. The number of amides is 1. The predicted molar refractivity (Wildman–Crippen MR) is 107 cm³/mol. The molecular weight excluding hydrogens is 352 g/mol. The molecule has 6 heteroatoms. The lowest BCUT2D eigenvalue weighted by Gasteiger charge is -2.15. The van der Waals surface area contributed by atoms with Gasteiger partial charge in [0.1, 0.15) is 12.4 Å². The summed E-state index contributed by atoms with van der Waals surface area (Å²) >= 11 is 0. The third kappa shape index (κ3) is 3.86. The van der Waals surface area contributed by atoms with Gasteiger partial charge in [0.05, 0.1) is 17.3 Å². The van der Waals surface area contributed by atoms with Gasteiger partial charge >= 0.3 is 0 Å². The fourth-order valence-corrected chi connectivity index (χ4v) is 3.00. The highest BCUT2D eigenvalue weighted by Gasteiger charge is 2.17. The molecule has 1 amide bonds. The lowest BCUT2D eigenvalue weighted by Crippen LogP contribution is -2.27. The van der Waals surface area contributed by atoms with Crippen LogP contribution < -0.4 is 10.1 Å². The Morgan fingerprint density at radius 1 is 1.11 bits per heavy atom. The molecule has 4 rings (SSSR count). The molecule has 0 aliphatic heterocycles. The maximum atomic E-state index is 12.7. The Hall–Kier alpha value is -3.67. The van der Waals surface area contributed by atoms with E-state index in [1.807, 2.05) is 73.7 Å². The summed E-state index contributed by atoms with van der Waals surface area (Å²) in [5, 5.41) is 10.8. The molecule has 2 aromatic carbocycles. The largest absolute Gasteiger partial charge is 0.487 e. The van der Waals surface area contributed by atoms with Crippen molar-refractivity contribution < 1.29 is 9.53 Å². The van der Waals surface area contributed by atoms with Gasteiger partial charge in [0.2, 0.25) is 0 Å². The highest BCUT2D eigenvalue weighted by Crippen LogP contribution is 2.21. The summed E-state index contributed by atoms with van der Waals surface area (Å²) in [6.07, 6.45) is 1.74. The molecule has 0 aliphatic carbocycles. The van der Waals surface area contributed by atoms with Gasteiger partial charge in [0.25, 0.3) is 5.91 Å². The van der Waals surface area contributed by atoms with E-state index in [2.05, 4.69) is 20.5 Å². The van der Waals surface area contributed by atoms with Crippen LogP contribution in [0, 0.1) is 0 Å². The first-order chi connectivity index (χ1) is 13.7. The molecule has 6 nitrogen and oxygen atoms in total. The lowest BCUT2D eigenvalue weighted by atomic mass is 10.1. The lowest BCUT2D eigenvalue weighted by molar-refractivity contribution is 0.0936. The predicted octanol–water partition coefficient (Wildman–Crippen LogP) is 4.03. The minimum Gasteiger partial charge on any atom is -0.487 e. The van der Waals surface area contributed by atoms with Crippen LogP contribution in [0.2, 0.25) is 0 Å². The Labute approximate surface area is 162 Å². The second-order valence-electron chi connectivity index (χ2n) is 6.50. The number of fused-ring (bicyclic) bond motifs is 1. The van der Waals surface area contributed by atoms with Gasteiger partial charge in [0, 0.05) is 11.6 Å². The van der Waals surface area contributed by atoms with Crippen molar-refractivity contribution in [3.63, 3.8) is 0 Å². The molecule has 0 saturated heterocycles. The van der Waals surface area contributed by atoms with Gasteiger partial charge in [-0.1, -0.05) is 36.4 Å². The van der Waals surface area contributed by atoms with Crippen molar-refractivity contribution in [2.75, 3.05) is 0 Å². The molecule has 0 radical (unpaired) electrons. The van der Waals surface area contributed by atoms with Gasteiger partial charge < -0.3 is 10.1 Å². The highest BCUT2D eigenvalue weighted by atomic mass is 16.5. The van der Waals surface area contributed by atoms with Gasteiger partial charge in [-0.2, -0.15) is 5.10 Å². The molecule has 2 aromatic heterocycles. The second kappa shape index (κ2) is 7.92. The fraction of sp³-hybridized carbons (Fsp3) is 0.136. The fourth-order valence-electron chi connectivity index (χ4n) is 3.00. The van der Waals surface area contributed by atoms with Crippen LogP contribution in [-0.2, 0) is 6.61 Å². The minimum absolute atomic E-state index is 0.193. The zero-order chi connectivity index (χ0) is 19.3. The van der Waals surface area contributed by atoms with E-state index in [1.165, 1.54) is 0 Å². The van der Waals surface area contributed by atoms with E-state index in [9.17, 15) is 4.79 Å². The molecule has 140 valence electrons. The molecule has 1 unspecified atom stereocenters. The van der Waals surface area contributed by atoms with Crippen molar-refractivity contribution in [2.45, 2.75) is 19.6 Å². The summed E-state index contributed by atoms with van der Waals surface area (Å²) in [5.41, 5.74) is 3.04. The maximum Gasteiger partial charge on any atom is 0.272 e. The number of hydrogen-bond acceptors (Lipinski definition) is 4. The zero-order valence-corrected chi connectivity index (χ0v) is 15.4. The van der Waals surface area contributed by atoms with Gasteiger partial charge in [-0.3, -0.25) is 14.9 Å². The molecule has 0 spiro atoms. The Balaban J connectivity index is 1.44. The van der Waals surface area contributed by atoms with E-state index < -0.39 is 0 Å². The first kappa shape index (κ1) is 17.7. The van der Waals surface area contributed by atoms with Crippen LogP contribution in [0.15, 0.2) is 72.9 Å². The number of aromatic nitrogens is 3. The molecule has 0 fully saturated rings. The SMILES string of the molecule is CC(NC(=O)c1n[nH]c2ccccc12)c1cccc(OCc2ccccn2)c1. The summed E-state index contributed by atoms with van der Waals surface area (Å²) in [6, 6.07) is 20.8. The number of hydrogen-bond donors (Lipinski definition) is 2. The van der Waals surface area contributed by atoms with Crippen LogP contribution in [0.5, 0.6) is 5.75 Å². The molecule has 0 bridgehead atoms.